The molecule has 1 aromatic rings. The van der Waals surface area contributed by atoms with Gasteiger partial charge >= 0.3 is 0 Å². The van der Waals surface area contributed by atoms with E-state index < -0.39 is 6.23 Å². The van der Waals surface area contributed by atoms with Crippen molar-refractivity contribution in [2.45, 2.75) is 6.23 Å². The molecular weight excluding hydrogens is 158 g/mol. The van der Waals surface area contributed by atoms with Gasteiger partial charge < -0.3 is 9.84 Å². The van der Waals surface area contributed by atoms with Gasteiger partial charge in [0.15, 0.2) is 0 Å². The van der Waals surface area contributed by atoms with Gasteiger partial charge in [-0.05, 0) is 7.05 Å². The molecule has 0 aromatic carbocycles. The van der Waals surface area contributed by atoms with Crippen LogP contribution in [0.15, 0.2) is 12.4 Å². The fourth-order valence-corrected chi connectivity index (χ4v) is 0.721. The summed E-state index contributed by atoms with van der Waals surface area (Å²) in [5, 5.41) is 11.9. The monoisotopic (exact) mass is 169 g/mol. The summed E-state index contributed by atoms with van der Waals surface area (Å²) in [6.07, 6.45) is 2.14. The van der Waals surface area contributed by atoms with Gasteiger partial charge in [0, 0.05) is 0 Å². The van der Waals surface area contributed by atoms with Crippen molar-refractivity contribution < 1.29 is 9.84 Å². The van der Waals surface area contributed by atoms with Crippen LogP contribution in [0.5, 0.6) is 5.88 Å². The van der Waals surface area contributed by atoms with E-state index in [9.17, 15) is 5.11 Å². The van der Waals surface area contributed by atoms with Gasteiger partial charge in [-0.15, -0.1) is 0 Å². The maximum atomic E-state index is 9.24. The molecule has 1 unspecified atom stereocenters. The maximum absolute atomic E-state index is 9.24. The minimum Gasteiger partial charge on any atom is -0.480 e. The van der Waals surface area contributed by atoms with Gasteiger partial charge in [0.1, 0.15) is 11.9 Å². The van der Waals surface area contributed by atoms with Crippen molar-refractivity contribution in [3.05, 3.63) is 18.1 Å². The van der Waals surface area contributed by atoms with Crippen LogP contribution in [0.25, 0.3) is 0 Å². The maximum Gasteiger partial charge on any atom is 0.231 e. The second-order valence-electron chi connectivity index (χ2n) is 2.17. The predicted octanol–water partition coefficient (Wildman–Crippen LogP) is -0.305. The van der Waals surface area contributed by atoms with Crippen LogP contribution in [-0.2, 0) is 0 Å². The molecule has 0 fully saturated rings. The zero-order valence-corrected chi connectivity index (χ0v) is 6.98. The van der Waals surface area contributed by atoms with E-state index in [1.54, 1.807) is 7.05 Å². The molecule has 0 spiro atoms. The van der Waals surface area contributed by atoms with E-state index in [0.29, 0.717) is 11.6 Å². The lowest BCUT2D eigenvalue weighted by atomic mass is 10.4. The highest BCUT2D eigenvalue weighted by atomic mass is 16.5. The molecule has 1 heterocycles. The second-order valence-corrected chi connectivity index (χ2v) is 2.17. The van der Waals surface area contributed by atoms with Crippen molar-refractivity contribution in [1.82, 2.24) is 15.3 Å². The first-order valence-electron chi connectivity index (χ1n) is 3.49. The Bertz CT molecular complexity index is 237. The number of aliphatic hydroxyl groups excluding tert-OH is 1. The molecule has 1 rings (SSSR count). The van der Waals surface area contributed by atoms with Crippen LogP contribution in [0.1, 0.15) is 11.9 Å². The van der Waals surface area contributed by atoms with Gasteiger partial charge in [0.05, 0.1) is 19.5 Å². The first-order chi connectivity index (χ1) is 5.77. The molecule has 2 N–H and O–H groups in total. The van der Waals surface area contributed by atoms with Crippen molar-refractivity contribution >= 4 is 0 Å². The number of rotatable bonds is 3. The lowest BCUT2D eigenvalue weighted by Crippen LogP contribution is -2.16. The molecule has 66 valence electrons. The van der Waals surface area contributed by atoms with Crippen molar-refractivity contribution in [3.63, 3.8) is 0 Å². The van der Waals surface area contributed by atoms with Crippen LogP contribution >= 0.6 is 0 Å². The highest BCUT2D eigenvalue weighted by Gasteiger charge is 2.05. The third kappa shape index (κ3) is 1.90. The number of nitrogens with one attached hydrogen (secondary N) is 1. The number of hydrogen-bond acceptors (Lipinski definition) is 5. The van der Waals surface area contributed by atoms with Crippen molar-refractivity contribution in [2.75, 3.05) is 14.2 Å². The van der Waals surface area contributed by atoms with Crippen molar-refractivity contribution in [2.24, 2.45) is 0 Å². The minimum atomic E-state index is -0.775. The van der Waals surface area contributed by atoms with Crippen LogP contribution in [0.2, 0.25) is 0 Å². The van der Waals surface area contributed by atoms with E-state index in [1.807, 2.05) is 0 Å². The number of aromatic nitrogens is 2. The van der Waals surface area contributed by atoms with Crippen LogP contribution in [0.4, 0.5) is 0 Å². The summed E-state index contributed by atoms with van der Waals surface area (Å²) >= 11 is 0. The Labute approximate surface area is 70.4 Å². The molecule has 0 saturated carbocycles. The minimum absolute atomic E-state index is 0.432. The second kappa shape index (κ2) is 3.99. The van der Waals surface area contributed by atoms with Crippen LogP contribution in [-0.4, -0.2) is 29.2 Å². The van der Waals surface area contributed by atoms with Crippen molar-refractivity contribution in [1.29, 1.82) is 0 Å². The van der Waals surface area contributed by atoms with E-state index in [0.717, 1.165) is 0 Å². The summed E-state index contributed by atoms with van der Waals surface area (Å²) < 4.78 is 4.81. The third-order valence-corrected chi connectivity index (χ3v) is 1.41. The number of hydrogen-bond donors (Lipinski definition) is 2. The Morgan fingerprint density at radius 3 is 2.67 bits per heavy atom. The Morgan fingerprint density at radius 1 is 1.50 bits per heavy atom. The Hall–Kier alpha value is -1.20. The number of methoxy groups -OCH3 is 1. The summed E-state index contributed by atoms with van der Waals surface area (Å²) in [5.41, 5.74) is 0.471. The summed E-state index contributed by atoms with van der Waals surface area (Å²) in [4.78, 5) is 7.80. The molecule has 0 aliphatic carbocycles. The van der Waals surface area contributed by atoms with Crippen LogP contribution in [0, 0.1) is 0 Å². The summed E-state index contributed by atoms with van der Waals surface area (Å²) in [6.45, 7) is 0. The smallest absolute Gasteiger partial charge is 0.231 e. The summed E-state index contributed by atoms with van der Waals surface area (Å²) in [6, 6.07) is 0. The topological polar surface area (TPSA) is 67.3 Å². The fraction of sp³-hybridized carbons (Fsp3) is 0.429. The zero-order chi connectivity index (χ0) is 8.97. The molecule has 1 atom stereocenters. The Kier molecular flexibility index (Phi) is 2.95. The normalized spacial score (nSPS) is 12.6. The highest BCUT2D eigenvalue weighted by molar-refractivity contribution is 5.08. The van der Waals surface area contributed by atoms with Crippen LogP contribution in [0.3, 0.4) is 0 Å². The molecule has 0 bridgehead atoms. The van der Waals surface area contributed by atoms with Crippen molar-refractivity contribution in [3.8, 4) is 5.88 Å². The highest BCUT2D eigenvalue weighted by Crippen LogP contribution is 2.07. The van der Waals surface area contributed by atoms with Gasteiger partial charge in [0.25, 0.3) is 0 Å². The van der Waals surface area contributed by atoms with E-state index in [1.165, 1.54) is 19.5 Å². The lowest BCUT2D eigenvalue weighted by Gasteiger charge is -2.07. The average molecular weight is 169 g/mol. The van der Waals surface area contributed by atoms with Crippen LogP contribution < -0.4 is 10.1 Å². The van der Waals surface area contributed by atoms with Gasteiger partial charge in [0.2, 0.25) is 5.88 Å². The largest absolute Gasteiger partial charge is 0.480 e. The molecule has 0 aliphatic rings. The SMILES string of the molecule is CNC(O)c1cnc(OC)cn1. The molecule has 0 radical (unpaired) electrons. The predicted molar refractivity (Wildman–Crippen MR) is 42.6 cm³/mol. The average Bonchev–Trinajstić information content (AvgIpc) is 2.17. The Balaban J connectivity index is 2.77. The van der Waals surface area contributed by atoms with E-state index in [2.05, 4.69) is 15.3 Å². The van der Waals surface area contributed by atoms with Gasteiger partial charge in [-0.1, -0.05) is 0 Å². The van der Waals surface area contributed by atoms with Gasteiger partial charge in [-0.3, -0.25) is 5.32 Å². The Morgan fingerprint density at radius 2 is 2.25 bits per heavy atom. The van der Waals surface area contributed by atoms with E-state index in [-0.39, 0.29) is 0 Å². The summed E-state index contributed by atoms with van der Waals surface area (Å²) in [5.74, 6) is 0.432. The van der Waals surface area contributed by atoms with Gasteiger partial charge in [-0.2, -0.15) is 0 Å². The first-order valence-corrected chi connectivity index (χ1v) is 3.49. The molecule has 5 heteroatoms. The quantitative estimate of drug-likeness (QED) is 0.608. The molecule has 12 heavy (non-hydrogen) atoms. The molecule has 0 saturated heterocycles. The molecule has 0 aliphatic heterocycles. The summed E-state index contributed by atoms with van der Waals surface area (Å²) in [7, 11) is 3.15. The molecular formula is C7H11N3O2. The standard InChI is InChI=1S/C7H11N3O2/c1-8-7(11)5-3-10-6(12-2)4-9-5/h3-4,7-8,11H,1-2H3. The lowest BCUT2D eigenvalue weighted by molar-refractivity contribution is 0.144. The molecule has 5 nitrogen and oxygen atoms in total. The molecule has 0 amide bonds. The number of aliphatic hydroxyl groups is 1. The number of nitrogens with zero attached hydrogens (tertiary/aromatic N) is 2. The van der Waals surface area contributed by atoms with E-state index in [4.69, 9.17) is 4.74 Å². The van der Waals surface area contributed by atoms with E-state index >= 15 is 0 Å². The first kappa shape index (κ1) is 8.89. The van der Waals surface area contributed by atoms with Gasteiger partial charge in [-0.25, -0.2) is 9.97 Å². The third-order valence-electron chi connectivity index (χ3n) is 1.41. The zero-order valence-electron chi connectivity index (χ0n) is 6.98. The number of ether oxygens (including phenoxy) is 1. The molecule has 1 aromatic heterocycles. The fourth-order valence-electron chi connectivity index (χ4n) is 0.721.